The highest BCUT2D eigenvalue weighted by Crippen LogP contribution is 2.27. The highest BCUT2D eigenvalue weighted by atomic mass is 14.7. The molecule has 0 heterocycles. The first-order chi connectivity index (χ1) is 6.56. The third-order valence-electron chi connectivity index (χ3n) is 2.89. The minimum absolute atomic E-state index is 0.0856. The number of nitrogens with two attached hydrogens (primary N) is 1. The molecule has 0 fully saturated rings. The van der Waals surface area contributed by atoms with Gasteiger partial charge in [0.15, 0.2) is 0 Å². The van der Waals surface area contributed by atoms with Crippen molar-refractivity contribution >= 4 is 0 Å². The van der Waals surface area contributed by atoms with E-state index >= 15 is 0 Å². The molecule has 1 aliphatic carbocycles. The van der Waals surface area contributed by atoms with E-state index in [1.165, 1.54) is 24.8 Å². The highest BCUT2D eigenvalue weighted by molar-refractivity contribution is 5.39. The lowest BCUT2D eigenvalue weighted by atomic mass is 9.91. The monoisotopic (exact) mass is 189 g/mol. The van der Waals surface area contributed by atoms with Gasteiger partial charge in [-0.25, -0.2) is 0 Å². The van der Waals surface area contributed by atoms with Crippen LogP contribution in [0.5, 0.6) is 0 Å². The number of rotatable bonds is 2. The number of aryl methyl sites for hydroxylation is 1. The summed E-state index contributed by atoms with van der Waals surface area (Å²) in [5, 5.41) is 0. The van der Waals surface area contributed by atoms with Crippen molar-refractivity contribution < 1.29 is 0 Å². The normalized spacial score (nSPS) is 15.6. The molecule has 2 rings (SSSR count). The van der Waals surface area contributed by atoms with Crippen molar-refractivity contribution in [2.24, 2.45) is 5.73 Å². The molecule has 0 saturated carbocycles. The average molecular weight is 189 g/mol. The van der Waals surface area contributed by atoms with E-state index in [1.54, 1.807) is 11.1 Å². The lowest BCUT2D eigenvalue weighted by Gasteiger charge is -2.20. The summed E-state index contributed by atoms with van der Waals surface area (Å²) in [6, 6.07) is 6.67. The van der Waals surface area contributed by atoms with Crippen molar-refractivity contribution in [2.45, 2.75) is 45.1 Å². The van der Waals surface area contributed by atoms with Gasteiger partial charge in [0.25, 0.3) is 0 Å². The smallest absolute Gasteiger partial charge is 0.0138 e. The molecule has 14 heavy (non-hydrogen) atoms. The number of hydrogen-bond acceptors (Lipinski definition) is 1. The molecule has 1 aromatic rings. The summed E-state index contributed by atoms with van der Waals surface area (Å²) in [7, 11) is 0. The van der Waals surface area contributed by atoms with Crippen molar-refractivity contribution in [1.82, 2.24) is 0 Å². The average Bonchev–Trinajstić information content (AvgIpc) is 2.49. The first-order valence-corrected chi connectivity index (χ1v) is 5.45. The summed E-state index contributed by atoms with van der Waals surface area (Å²) >= 11 is 0. The molecule has 0 aromatic heterocycles. The van der Waals surface area contributed by atoms with Gasteiger partial charge in [0.05, 0.1) is 0 Å². The Morgan fingerprint density at radius 2 is 2.07 bits per heavy atom. The maximum atomic E-state index is 6.06. The summed E-state index contributed by atoms with van der Waals surface area (Å²) < 4.78 is 0. The van der Waals surface area contributed by atoms with Crippen LogP contribution in [0, 0.1) is 0 Å². The largest absolute Gasteiger partial charge is 0.325 e. The Kier molecular flexibility index (Phi) is 2.36. The summed E-state index contributed by atoms with van der Waals surface area (Å²) in [6.45, 7) is 4.20. The van der Waals surface area contributed by atoms with Crippen LogP contribution in [0.2, 0.25) is 0 Å². The molecule has 0 amide bonds. The van der Waals surface area contributed by atoms with Crippen molar-refractivity contribution in [3.05, 3.63) is 34.9 Å². The van der Waals surface area contributed by atoms with Crippen LogP contribution in [0.25, 0.3) is 0 Å². The molecule has 0 spiro atoms. The van der Waals surface area contributed by atoms with E-state index in [2.05, 4.69) is 32.0 Å². The summed E-state index contributed by atoms with van der Waals surface area (Å²) in [6.07, 6.45) is 4.82. The van der Waals surface area contributed by atoms with E-state index in [0.29, 0.717) is 0 Å². The number of hydrogen-bond donors (Lipinski definition) is 1. The van der Waals surface area contributed by atoms with Crippen LogP contribution in [-0.2, 0) is 19.3 Å². The molecular formula is C13H19N. The lowest BCUT2D eigenvalue weighted by molar-refractivity contribution is 0.515. The number of benzene rings is 1. The fourth-order valence-corrected chi connectivity index (χ4v) is 2.36. The molecule has 1 nitrogen and oxygen atoms in total. The zero-order valence-electron chi connectivity index (χ0n) is 9.14. The highest BCUT2D eigenvalue weighted by Gasteiger charge is 2.18. The predicted molar refractivity (Wildman–Crippen MR) is 60.4 cm³/mol. The van der Waals surface area contributed by atoms with Gasteiger partial charge >= 0.3 is 0 Å². The minimum atomic E-state index is -0.0856. The van der Waals surface area contributed by atoms with Gasteiger partial charge in [0.2, 0.25) is 0 Å². The van der Waals surface area contributed by atoms with Crippen LogP contribution in [0.4, 0.5) is 0 Å². The summed E-state index contributed by atoms with van der Waals surface area (Å²) in [4.78, 5) is 0. The van der Waals surface area contributed by atoms with Gasteiger partial charge in [-0.05, 0) is 56.2 Å². The first-order valence-electron chi connectivity index (χ1n) is 5.45. The molecule has 0 aliphatic heterocycles. The predicted octanol–water partition coefficient (Wildman–Crippen LogP) is 2.46. The Morgan fingerprint density at radius 1 is 1.29 bits per heavy atom. The Morgan fingerprint density at radius 3 is 2.79 bits per heavy atom. The minimum Gasteiger partial charge on any atom is -0.325 e. The standard InChI is InChI=1S/C13H19N/c1-13(2,14)9-11-7-3-5-10-6-4-8-12(10)11/h3,5,7H,4,6,8-9,14H2,1-2H3. The van der Waals surface area contributed by atoms with Crippen LogP contribution in [0.15, 0.2) is 18.2 Å². The second-order valence-corrected chi connectivity index (χ2v) is 5.07. The maximum Gasteiger partial charge on any atom is 0.0138 e. The Labute approximate surface area is 86.3 Å². The van der Waals surface area contributed by atoms with Gasteiger partial charge in [-0.15, -0.1) is 0 Å². The molecule has 0 atom stereocenters. The molecule has 0 bridgehead atoms. The quantitative estimate of drug-likeness (QED) is 0.760. The van der Waals surface area contributed by atoms with Crippen LogP contribution in [0.3, 0.4) is 0 Å². The Bertz CT molecular complexity index is 334. The van der Waals surface area contributed by atoms with E-state index in [0.717, 1.165) is 6.42 Å². The molecule has 76 valence electrons. The molecule has 1 aliphatic rings. The fourth-order valence-electron chi connectivity index (χ4n) is 2.36. The molecular weight excluding hydrogens is 170 g/mol. The van der Waals surface area contributed by atoms with Gasteiger partial charge < -0.3 is 5.73 Å². The molecule has 1 heteroatoms. The summed E-state index contributed by atoms with van der Waals surface area (Å²) in [5.41, 5.74) is 10.6. The number of fused-ring (bicyclic) bond motifs is 1. The van der Waals surface area contributed by atoms with E-state index in [9.17, 15) is 0 Å². The van der Waals surface area contributed by atoms with Crippen molar-refractivity contribution in [1.29, 1.82) is 0 Å². The fraction of sp³-hybridized carbons (Fsp3) is 0.538. The molecule has 1 aromatic carbocycles. The maximum absolute atomic E-state index is 6.06. The van der Waals surface area contributed by atoms with Crippen molar-refractivity contribution in [3.63, 3.8) is 0 Å². The lowest BCUT2D eigenvalue weighted by Crippen LogP contribution is -2.34. The van der Waals surface area contributed by atoms with Crippen LogP contribution < -0.4 is 5.73 Å². The van der Waals surface area contributed by atoms with Crippen LogP contribution >= 0.6 is 0 Å². The third kappa shape index (κ3) is 1.98. The second-order valence-electron chi connectivity index (χ2n) is 5.07. The van der Waals surface area contributed by atoms with Gasteiger partial charge in [0, 0.05) is 5.54 Å². The second kappa shape index (κ2) is 3.39. The SMILES string of the molecule is CC(C)(N)Cc1cccc2c1CCC2. The van der Waals surface area contributed by atoms with Crippen LogP contribution in [0.1, 0.15) is 37.0 Å². The third-order valence-corrected chi connectivity index (χ3v) is 2.89. The van der Waals surface area contributed by atoms with E-state index in [1.807, 2.05) is 0 Å². The Hall–Kier alpha value is -0.820. The molecule has 2 N–H and O–H groups in total. The van der Waals surface area contributed by atoms with Crippen molar-refractivity contribution in [3.8, 4) is 0 Å². The topological polar surface area (TPSA) is 26.0 Å². The zero-order valence-corrected chi connectivity index (χ0v) is 9.14. The Balaban J connectivity index is 2.31. The molecule has 0 saturated heterocycles. The van der Waals surface area contributed by atoms with E-state index < -0.39 is 0 Å². The zero-order chi connectivity index (χ0) is 10.2. The van der Waals surface area contributed by atoms with Crippen LogP contribution in [-0.4, -0.2) is 5.54 Å². The molecule has 0 unspecified atom stereocenters. The molecule has 0 radical (unpaired) electrons. The van der Waals surface area contributed by atoms with Gasteiger partial charge in [0.1, 0.15) is 0 Å². The first kappa shape index (κ1) is 9.72. The summed E-state index contributed by atoms with van der Waals surface area (Å²) in [5.74, 6) is 0. The van der Waals surface area contributed by atoms with Gasteiger partial charge in [-0.1, -0.05) is 18.2 Å². The van der Waals surface area contributed by atoms with E-state index in [-0.39, 0.29) is 5.54 Å². The van der Waals surface area contributed by atoms with Gasteiger partial charge in [-0.2, -0.15) is 0 Å². The van der Waals surface area contributed by atoms with Gasteiger partial charge in [-0.3, -0.25) is 0 Å². The van der Waals surface area contributed by atoms with E-state index in [4.69, 9.17) is 5.73 Å². The van der Waals surface area contributed by atoms with Crippen molar-refractivity contribution in [2.75, 3.05) is 0 Å².